The van der Waals surface area contributed by atoms with Gasteiger partial charge in [-0.1, -0.05) is 60.7 Å². The van der Waals surface area contributed by atoms with Crippen LogP contribution in [-0.2, 0) is 17.8 Å². The molecule has 0 saturated carbocycles. The number of unbranched alkanes of at least 4 members (excludes halogenated alkanes) is 1. The molecule has 0 heterocycles. The standard InChI is InChI=1S/C26H39N3O2/c1-26(2,3)31-25(30)28-19-11-10-17-27-18-12-20-29(21-23-13-6-4-7-14-23)22-24-15-8-5-9-16-24/h4-9,13-16,27H,10-12,17-22H2,1-3H3,(H,28,30). The first kappa shape index (κ1) is 24.9. The number of nitrogens with one attached hydrogen (secondary N) is 2. The molecule has 2 N–H and O–H groups in total. The highest BCUT2D eigenvalue weighted by Gasteiger charge is 2.15. The van der Waals surface area contributed by atoms with Crippen molar-refractivity contribution in [3.05, 3.63) is 71.8 Å². The van der Waals surface area contributed by atoms with E-state index in [0.29, 0.717) is 6.54 Å². The number of ether oxygens (including phenoxy) is 1. The van der Waals surface area contributed by atoms with E-state index >= 15 is 0 Å². The quantitative estimate of drug-likeness (QED) is 0.445. The number of benzene rings is 2. The maximum absolute atomic E-state index is 11.6. The van der Waals surface area contributed by atoms with Crippen LogP contribution in [0.25, 0.3) is 0 Å². The Morgan fingerprint density at radius 3 is 1.87 bits per heavy atom. The number of rotatable bonds is 13. The van der Waals surface area contributed by atoms with E-state index in [-0.39, 0.29) is 6.09 Å². The lowest BCUT2D eigenvalue weighted by Crippen LogP contribution is -2.33. The van der Waals surface area contributed by atoms with Gasteiger partial charge in [-0.2, -0.15) is 0 Å². The Morgan fingerprint density at radius 1 is 0.806 bits per heavy atom. The second kappa shape index (κ2) is 13.8. The van der Waals surface area contributed by atoms with Gasteiger partial charge in [-0.3, -0.25) is 4.90 Å². The third kappa shape index (κ3) is 12.2. The van der Waals surface area contributed by atoms with Crippen LogP contribution in [0.15, 0.2) is 60.7 Å². The summed E-state index contributed by atoms with van der Waals surface area (Å²) in [6.07, 6.45) is 2.75. The minimum Gasteiger partial charge on any atom is -0.444 e. The Kier molecular flexibility index (Phi) is 11.1. The number of hydrogen-bond acceptors (Lipinski definition) is 4. The van der Waals surface area contributed by atoms with Crippen LogP contribution in [-0.4, -0.2) is 42.8 Å². The Balaban J connectivity index is 1.60. The van der Waals surface area contributed by atoms with Crippen molar-refractivity contribution in [1.82, 2.24) is 15.5 Å². The van der Waals surface area contributed by atoms with E-state index in [1.54, 1.807) is 0 Å². The molecule has 5 heteroatoms. The van der Waals surface area contributed by atoms with Gasteiger partial charge in [-0.05, 0) is 64.3 Å². The number of amides is 1. The van der Waals surface area contributed by atoms with Crippen molar-refractivity contribution >= 4 is 6.09 Å². The van der Waals surface area contributed by atoms with E-state index < -0.39 is 5.60 Å². The molecule has 2 aromatic rings. The molecule has 0 fully saturated rings. The fourth-order valence-corrected chi connectivity index (χ4v) is 3.33. The molecule has 170 valence electrons. The molecule has 2 aromatic carbocycles. The number of alkyl carbamates (subject to hydrolysis) is 1. The van der Waals surface area contributed by atoms with Gasteiger partial charge in [0.15, 0.2) is 0 Å². The van der Waals surface area contributed by atoms with Crippen LogP contribution in [0.5, 0.6) is 0 Å². The summed E-state index contributed by atoms with van der Waals surface area (Å²) in [5.74, 6) is 0. The molecule has 0 radical (unpaired) electrons. The first-order chi connectivity index (χ1) is 14.9. The monoisotopic (exact) mass is 425 g/mol. The van der Waals surface area contributed by atoms with Gasteiger partial charge in [0.2, 0.25) is 0 Å². The maximum Gasteiger partial charge on any atom is 0.407 e. The molecule has 0 aliphatic carbocycles. The highest BCUT2D eigenvalue weighted by molar-refractivity contribution is 5.67. The van der Waals surface area contributed by atoms with Crippen LogP contribution < -0.4 is 10.6 Å². The lowest BCUT2D eigenvalue weighted by atomic mass is 10.1. The summed E-state index contributed by atoms with van der Waals surface area (Å²) in [6.45, 7) is 11.2. The molecule has 31 heavy (non-hydrogen) atoms. The summed E-state index contributed by atoms with van der Waals surface area (Å²) in [7, 11) is 0. The fraction of sp³-hybridized carbons (Fsp3) is 0.500. The average molecular weight is 426 g/mol. The van der Waals surface area contributed by atoms with Crippen molar-refractivity contribution in [3.63, 3.8) is 0 Å². The normalized spacial score (nSPS) is 11.5. The molecule has 1 amide bonds. The molecule has 2 rings (SSSR count). The number of carbonyl (C=O) groups excluding carboxylic acids is 1. The van der Waals surface area contributed by atoms with Crippen LogP contribution >= 0.6 is 0 Å². The van der Waals surface area contributed by atoms with E-state index in [0.717, 1.165) is 52.0 Å². The Bertz CT molecular complexity index is 688. The molecular formula is C26H39N3O2. The SMILES string of the molecule is CC(C)(C)OC(=O)NCCCCNCCCN(Cc1ccccc1)Cc1ccccc1. The smallest absolute Gasteiger partial charge is 0.407 e. The summed E-state index contributed by atoms with van der Waals surface area (Å²) in [4.78, 5) is 14.1. The lowest BCUT2D eigenvalue weighted by Gasteiger charge is -2.23. The molecule has 0 aliphatic rings. The molecule has 0 bridgehead atoms. The Labute approximate surface area is 188 Å². The zero-order valence-electron chi connectivity index (χ0n) is 19.4. The van der Waals surface area contributed by atoms with Gasteiger partial charge in [0.1, 0.15) is 5.60 Å². The van der Waals surface area contributed by atoms with Crippen molar-refractivity contribution in [1.29, 1.82) is 0 Å². The Morgan fingerprint density at radius 2 is 1.32 bits per heavy atom. The predicted octanol–water partition coefficient (Wildman–Crippen LogP) is 4.97. The van der Waals surface area contributed by atoms with Gasteiger partial charge >= 0.3 is 6.09 Å². The molecule has 0 atom stereocenters. The average Bonchev–Trinajstić information content (AvgIpc) is 2.72. The second-order valence-corrected chi connectivity index (χ2v) is 8.92. The summed E-state index contributed by atoms with van der Waals surface area (Å²) in [6, 6.07) is 21.3. The van der Waals surface area contributed by atoms with E-state index in [9.17, 15) is 4.79 Å². The zero-order valence-corrected chi connectivity index (χ0v) is 19.4. The largest absolute Gasteiger partial charge is 0.444 e. The molecule has 0 saturated heterocycles. The summed E-state index contributed by atoms with van der Waals surface area (Å²) < 4.78 is 5.23. The topological polar surface area (TPSA) is 53.6 Å². The number of nitrogens with zero attached hydrogens (tertiary/aromatic N) is 1. The highest BCUT2D eigenvalue weighted by atomic mass is 16.6. The Hall–Kier alpha value is -2.37. The predicted molar refractivity (Wildman–Crippen MR) is 128 cm³/mol. The van der Waals surface area contributed by atoms with E-state index in [4.69, 9.17) is 4.74 Å². The van der Waals surface area contributed by atoms with Gasteiger partial charge in [0, 0.05) is 26.2 Å². The fourth-order valence-electron chi connectivity index (χ4n) is 3.33. The van der Waals surface area contributed by atoms with Crippen molar-refractivity contribution in [2.24, 2.45) is 0 Å². The third-order valence-electron chi connectivity index (χ3n) is 4.77. The van der Waals surface area contributed by atoms with Gasteiger partial charge in [0.25, 0.3) is 0 Å². The molecule has 0 unspecified atom stereocenters. The van der Waals surface area contributed by atoms with Crippen molar-refractivity contribution in [3.8, 4) is 0 Å². The van der Waals surface area contributed by atoms with Crippen LogP contribution in [0, 0.1) is 0 Å². The summed E-state index contributed by atoms with van der Waals surface area (Å²) >= 11 is 0. The van der Waals surface area contributed by atoms with E-state index in [1.165, 1.54) is 11.1 Å². The van der Waals surface area contributed by atoms with Gasteiger partial charge in [0.05, 0.1) is 0 Å². The minimum atomic E-state index is -0.444. The van der Waals surface area contributed by atoms with Crippen LogP contribution in [0.1, 0.15) is 51.2 Å². The molecule has 0 aliphatic heterocycles. The number of hydrogen-bond donors (Lipinski definition) is 2. The first-order valence-electron chi connectivity index (χ1n) is 11.4. The van der Waals surface area contributed by atoms with Crippen LogP contribution in [0.3, 0.4) is 0 Å². The first-order valence-corrected chi connectivity index (χ1v) is 11.4. The molecule has 5 nitrogen and oxygen atoms in total. The third-order valence-corrected chi connectivity index (χ3v) is 4.77. The lowest BCUT2D eigenvalue weighted by molar-refractivity contribution is 0.0527. The number of carbonyl (C=O) groups is 1. The van der Waals surface area contributed by atoms with Gasteiger partial charge in [-0.15, -0.1) is 0 Å². The summed E-state index contributed by atoms with van der Waals surface area (Å²) in [5.41, 5.74) is 2.26. The molecular weight excluding hydrogens is 386 g/mol. The maximum atomic E-state index is 11.6. The van der Waals surface area contributed by atoms with Gasteiger partial charge < -0.3 is 15.4 Å². The van der Waals surface area contributed by atoms with Crippen molar-refractivity contribution in [2.75, 3.05) is 26.2 Å². The summed E-state index contributed by atoms with van der Waals surface area (Å²) in [5, 5.41) is 6.33. The van der Waals surface area contributed by atoms with Crippen LogP contribution in [0.4, 0.5) is 4.79 Å². The van der Waals surface area contributed by atoms with Crippen molar-refractivity contribution in [2.45, 2.75) is 58.7 Å². The highest BCUT2D eigenvalue weighted by Crippen LogP contribution is 2.10. The zero-order chi connectivity index (χ0) is 22.4. The van der Waals surface area contributed by atoms with E-state index in [1.807, 2.05) is 20.8 Å². The second-order valence-electron chi connectivity index (χ2n) is 8.92. The minimum absolute atomic E-state index is 0.336. The van der Waals surface area contributed by atoms with E-state index in [2.05, 4.69) is 76.2 Å². The van der Waals surface area contributed by atoms with Crippen LogP contribution in [0.2, 0.25) is 0 Å². The molecule has 0 aromatic heterocycles. The van der Waals surface area contributed by atoms with Gasteiger partial charge in [-0.25, -0.2) is 4.79 Å². The van der Waals surface area contributed by atoms with Crippen molar-refractivity contribution < 1.29 is 9.53 Å². The molecule has 0 spiro atoms.